The first kappa shape index (κ1) is 13.1. The predicted molar refractivity (Wildman–Crippen MR) is 76.6 cm³/mol. The number of hydrogen-bond acceptors (Lipinski definition) is 2. The molecule has 0 heterocycles. The average molecular weight is 255 g/mol. The first-order chi connectivity index (χ1) is 9.11. The van der Waals surface area contributed by atoms with E-state index >= 15 is 0 Å². The molecule has 3 heteroatoms. The van der Waals surface area contributed by atoms with Gasteiger partial charge in [-0.25, -0.2) is 0 Å². The van der Waals surface area contributed by atoms with Crippen molar-refractivity contribution in [1.29, 1.82) is 0 Å². The summed E-state index contributed by atoms with van der Waals surface area (Å²) in [4.78, 5) is 12.1. The van der Waals surface area contributed by atoms with Crippen LogP contribution in [0.1, 0.15) is 28.4 Å². The zero-order chi connectivity index (χ0) is 13.8. The minimum atomic E-state index is -0.211. The normalized spacial score (nSPS) is 10.2. The Morgan fingerprint density at radius 1 is 1.16 bits per heavy atom. The van der Waals surface area contributed by atoms with E-state index in [1.807, 2.05) is 24.3 Å². The van der Waals surface area contributed by atoms with Crippen LogP contribution in [-0.2, 0) is 6.42 Å². The van der Waals surface area contributed by atoms with E-state index in [4.69, 9.17) is 0 Å². The highest BCUT2D eigenvalue weighted by Crippen LogP contribution is 2.20. The zero-order valence-corrected chi connectivity index (χ0v) is 11.1. The van der Waals surface area contributed by atoms with Crippen LogP contribution in [0.5, 0.6) is 5.75 Å². The highest BCUT2D eigenvalue weighted by Gasteiger charge is 2.11. The molecule has 19 heavy (non-hydrogen) atoms. The molecule has 0 saturated carbocycles. The molecule has 0 aliphatic rings. The second-order valence-electron chi connectivity index (χ2n) is 4.45. The minimum absolute atomic E-state index is 0.133. The number of carbonyl (C=O) groups excluding carboxylic acids is 1. The summed E-state index contributed by atoms with van der Waals surface area (Å²) in [5.74, 6) is -0.0772. The lowest BCUT2D eigenvalue weighted by Gasteiger charge is -2.09. The maximum Gasteiger partial charge on any atom is 0.256 e. The van der Waals surface area contributed by atoms with Gasteiger partial charge in [0.15, 0.2) is 0 Å². The number of aryl methyl sites for hydroxylation is 1. The van der Waals surface area contributed by atoms with Crippen LogP contribution in [0.4, 0.5) is 5.69 Å². The second kappa shape index (κ2) is 5.57. The van der Waals surface area contributed by atoms with E-state index in [0.29, 0.717) is 11.1 Å². The molecule has 0 saturated heterocycles. The molecule has 2 N–H and O–H groups in total. The molecule has 0 aromatic heterocycles. The third kappa shape index (κ3) is 2.94. The highest BCUT2D eigenvalue weighted by atomic mass is 16.3. The summed E-state index contributed by atoms with van der Waals surface area (Å²) in [5, 5.41) is 12.4. The molecule has 2 aromatic rings. The van der Waals surface area contributed by atoms with Gasteiger partial charge in [-0.3, -0.25) is 4.79 Å². The number of benzene rings is 2. The molecule has 1 amide bonds. The third-order valence-electron chi connectivity index (χ3n) is 3.17. The number of carbonyl (C=O) groups is 1. The van der Waals surface area contributed by atoms with Gasteiger partial charge in [0.2, 0.25) is 0 Å². The smallest absolute Gasteiger partial charge is 0.256 e. The van der Waals surface area contributed by atoms with Crippen molar-refractivity contribution in [3.05, 3.63) is 59.2 Å². The van der Waals surface area contributed by atoms with Crippen LogP contribution in [0.3, 0.4) is 0 Å². The van der Waals surface area contributed by atoms with Gasteiger partial charge in [-0.1, -0.05) is 25.1 Å². The van der Waals surface area contributed by atoms with Crippen LogP contribution in [0.25, 0.3) is 0 Å². The lowest BCUT2D eigenvalue weighted by atomic mass is 10.1. The van der Waals surface area contributed by atoms with Gasteiger partial charge < -0.3 is 10.4 Å². The van der Waals surface area contributed by atoms with Crippen LogP contribution in [-0.4, -0.2) is 11.0 Å². The molecular formula is C16H17NO2. The Balaban J connectivity index is 2.18. The van der Waals surface area contributed by atoms with Crippen molar-refractivity contribution < 1.29 is 9.90 Å². The Morgan fingerprint density at radius 2 is 1.84 bits per heavy atom. The quantitative estimate of drug-likeness (QED) is 0.881. The van der Waals surface area contributed by atoms with Crippen molar-refractivity contribution in [2.45, 2.75) is 20.3 Å². The topological polar surface area (TPSA) is 49.3 Å². The summed E-state index contributed by atoms with van der Waals surface area (Å²) >= 11 is 0. The summed E-state index contributed by atoms with van der Waals surface area (Å²) in [7, 11) is 0. The SMILES string of the molecule is CCc1ccc(NC(=O)c2cccc(O)c2C)cc1. The fourth-order valence-electron chi connectivity index (χ4n) is 1.89. The summed E-state index contributed by atoms with van der Waals surface area (Å²) in [6.07, 6.45) is 0.972. The summed E-state index contributed by atoms with van der Waals surface area (Å²) in [6, 6.07) is 12.7. The number of rotatable bonds is 3. The summed E-state index contributed by atoms with van der Waals surface area (Å²) < 4.78 is 0. The largest absolute Gasteiger partial charge is 0.508 e. The predicted octanol–water partition coefficient (Wildman–Crippen LogP) is 3.52. The molecule has 0 atom stereocenters. The number of anilines is 1. The van der Waals surface area contributed by atoms with E-state index in [2.05, 4.69) is 12.2 Å². The van der Waals surface area contributed by atoms with Crippen LogP contribution < -0.4 is 5.32 Å². The fraction of sp³-hybridized carbons (Fsp3) is 0.188. The Hall–Kier alpha value is -2.29. The summed E-state index contributed by atoms with van der Waals surface area (Å²) in [6.45, 7) is 3.81. The highest BCUT2D eigenvalue weighted by molar-refractivity contribution is 6.05. The van der Waals surface area contributed by atoms with Gasteiger partial charge in [-0.05, 0) is 43.2 Å². The first-order valence-electron chi connectivity index (χ1n) is 6.30. The molecular weight excluding hydrogens is 238 g/mol. The standard InChI is InChI=1S/C16H17NO2/c1-3-12-7-9-13(10-8-12)17-16(19)14-5-4-6-15(18)11(14)2/h4-10,18H,3H2,1-2H3,(H,17,19). The lowest BCUT2D eigenvalue weighted by Crippen LogP contribution is -2.13. The maximum absolute atomic E-state index is 12.1. The number of hydrogen-bond donors (Lipinski definition) is 2. The minimum Gasteiger partial charge on any atom is -0.508 e. The van der Waals surface area contributed by atoms with E-state index in [0.717, 1.165) is 12.1 Å². The molecule has 0 aliphatic heterocycles. The van der Waals surface area contributed by atoms with E-state index in [9.17, 15) is 9.90 Å². The average Bonchev–Trinajstić information content (AvgIpc) is 2.42. The molecule has 3 nitrogen and oxygen atoms in total. The van der Waals surface area contributed by atoms with Crippen molar-refractivity contribution in [2.75, 3.05) is 5.32 Å². The molecule has 0 aliphatic carbocycles. The van der Waals surface area contributed by atoms with Gasteiger partial charge in [0.1, 0.15) is 5.75 Å². The van der Waals surface area contributed by atoms with Gasteiger partial charge >= 0.3 is 0 Å². The third-order valence-corrected chi connectivity index (χ3v) is 3.17. The Bertz CT molecular complexity index is 588. The van der Waals surface area contributed by atoms with Crippen molar-refractivity contribution in [3.8, 4) is 5.75 Å². The van der Waals surface area contributed by atoms with Gasteiger partial charge in [0, 0.05) is 16.8 Å². The molecule has 0 bridgehead atoms. The molecule has 0 spiro atoms. The maximum atomic E-state index is 12.1. The number of aromatic hydroxyl groups is 1. The van der Waals surface area contributed by atoms with E-state index in [1.54, 1.807) is 25.1 Å². The molecule has 2 rings (SSSR count). The van der Waals surface area contributed by atoms with Gasteiger partial charge in [0.05, 0.1) is 0 Å². The van der Waals surface area contributed by atoms with E-state index < -0.39 is 0 Å². The van der Waals surface area contributed by atoms with E-state index in [1.165, 1.54) is 5.56 Å². The fourth-order valence-corrected chi connectivity index (χ4v) is 1.89. The van der Waals surface area contributed by atoms with Gasteiger partial charge in [0.25, 0.3) is 5.91 Å². The molecule has 98 valence electrons. The van der Waals surface area contributed by atoms with E-state index in [-0.39, 0.29) is 11.7 Å². The Morgan fingerprint density at radius 3 is 2.47 bits per heavy atom. The van der Waals surface area contributed by atoms with Crippen LogP contribution in [0.15, 0.2) is 42.5 Å². The molecule has 0 unspecified atom stereocenters. The molecule has 0 radical (unpaired) electrons. The monoisotopic (exact) mass is 255 g/mol. The molecule has 0 fully saturated rings. The zero-order valence-electron chi connectivity index (χ0n) is 11.1. The van der Waals surface area contributed by atoms with Crippen LogP contribution >= 0.6 is 0 Å². The van der Waals surface area contributed by atoms with Crippen molar-refractivity contribution in [1.82, 2.24) is 0 Å². The second-order valence-corrected chi connectivity index (χ2v) is 4.45. The number of nitrogens with one attached hydrogen (secondary N) is 1. The number of amides is 1. The first-order valence-corrected chi connectivity index (χ1v) is 6.30. The molecule has 2 aromatic carbocycles. The van der Waals surface area contributed by atoms with Gasteiger partial charge in [-0.15, -0.1) is 0 Å². The van der Waals surface area contributed by atoms with Crippen molar-refractivity contribution in [2.24, 2.45) is 0 Å². The Kier molecular flexibility index (Phi) is 3.85. The summed E-state index contributed by atoms with van der Waals surface area (Å²) in [5.41, 5.74) is 3.06. The van der Waals surface area contributed by atoms with Gasteiger partial charge in [-0.2, -0.15) is 0 Å². The van der Waals surface area contributed by atoms with Crippen molar-refractivity contribution in [3.63, 3.8) is 0 Å². The lowest BCUT2D eigenvalue weighted by molar-refractivity contribution is 0.102. The Labute approximate surface area is 112 Å². The number of phenols is 1. The number of phenolic OH excluding ortho intramolecular Hbond substituents is 1. The van der Waals surface area contributed by atoms with Crippen molar-refractivity contribution >= 4 is 11.6 Å². The van der Waals surface area contributed by atoms with Crippen LogP contribution in [0, 0.1) is 6.92 Å². The van der Waals surface area contributed by atoms with Crippen LogP contribution in [0.2, 0.25) is 0 Å².